The monoisotopic (exact) mass is 305 g/mol. The third kappa shape index (κ3) is 4.10. The molecule has 0 aliphatic heterocycles. The summed E-state index contributed by atoms with van der Waals surface area (Å²) in [7, 11) is 0. The molecule has 0 fully saturated rings. The van der Waals surface area contributed by atoms with E-state index in [1.807, 2.05) is 25.1 Å². The fraction of sp³-hybridized carbons (Fsp3) is 0.286. The van der Waals surface area contributed by atoms with Gasteiger partial charge < -0.3 is 5.32 Å². The molecule has 0 heterocycles. The Morgan fingerprint density at radius 3 is 2.43 bits per heavy atom. The second-order valence-corrected chi connectivity index (χ2v) is 6.25. The highest BCUT2D eigenvalue weighted by Gasteiger charge is 2.16. The lowest BCUT2D eigenvalue weighted by molar-refractivity contribution is -0.122. The quantitative estimate of drug-likeness (QED) is 0.783. The zero-order chi connectivity index (χ0) is 16.1. The van der Waals surface area contributed by atoms with Gasteiger partial charge in [-0.25, -0.2) is 0 Å². The normalized spacial score (nSPS) is 17.9. The van der Waals surface area contributed by atoms with Crippen molar-refractivity contribution in [1.82, 2.24) is 5.32 Å². The minimum atomic E-state index is 0.0395. The Hall–Kier alpha value is -2.35. The van der Waals surface area contributed by atoms with Gasteiger partial charge in [0.15, 0.2) is 0 Å². The number of carbonyl (C=O) groups is 1. The van der Waals surface area contributed by atoms with E-state index < -0.39 is 0 Å². The van der Waals surface area contributed by atoms with Crippen molar-refractivity contribution in [3.63, 3.8) is 0 Å². The SMILES string of the molecule is CC(NC(=O)CC1C=CCC1)c1ccc(-c2ccccc2)cc1. The predicted octanol–water partition coefficient (Wildman–Crippen LogP) is 4.89. The maximum absolute atomic E-state index is 12.1. The lowest BCUT2D eigenvalue weighted by Gasteiger charge is -2.16. The van der Waals surface area contributed by atoms with E-state index in [1.54, 1.807) is 0 Å². The largest absolute Gasteiger partial charge is 0.350 e. The van der Waals surface area contributed by atoms with Crippen molar-refractivity contribution in [3.8, 4) is 11.1 Å². The molecule has 118 valence electrons. The van der Waals surface area contributed by atoms with Crippen LogP contribution in [0.1, 0.15) is 37.8 Å². The van der Waals surface area contributed by atoms with Crippen molar-refractivity contribution in [2.24, 2.45) is 5.92 Å². The second-order valence-electron chi connectivity index (χ2n) is 6.25. The third-order valence-corrected chi connectivity index (χ3v) is 4.46. The van der Waals surface area contributed by atoms with E-state index in [0.717, 1.165) is 18.4 Å². The summed E-state index contributed by atoms with van der Waals surface area (Å²) in [5.74, 6) is 0.559. The Kier molecular flexibility index (Phi) is 4.92. The average Bonchev–Trinajstić information content (AvgIpc) is 3.08. The van der Waals surface area contributed by atoms with Gasteiger partial charge in [0.25, 0.3) is 0 Å². The number of hydrogen-bond donors (Lipinski definition) is 1. The Labute approximate surface area is 138 Å². The molecule has 0 spiro atoms. The molecule has 1 amide bonds. The summed E-state index contributed by atoms with van der Waals surface area (Å²) in [6.45, 7) is 2.04. The first-order valence-electron chi connectivity index (χ1n) is 8.34. The number of nitrogens with one attached hydrogen (secondary N) is 1. The van der Waals surface area contributed by atoms with Gasteiger partial charge in [0.2, 0.25) is 5.91 Å². The summed E-state index contributed by atoms with van der Waals surface area (Å²) in [6.07, 6.45) is 7.15. The molecule has 2 aromatic rings. The van der Waals surface area contributed by atoms with Gasteiger partial charge >= 0.3 is 0 Å². The van der Waals surface area contributed by atoms with E-state index in [1.165, 1.54) is 11.1 Å². The molecule has 1 N–H and O–H groups in total. The number of allylic oxidation sites excluding steroid dienone is 2. The number of hydrogen-bond acceptors (Lipinski definition) is 1. The van der Waals surface area contributed by atoms with Gasteiger partial charge in [-0.15, -0.1) is 0 Å². The summed E-state index contributed by atoms with van der Waals surface area (Å²) < 4.78 is 0. The molecule has 23 heavy (non-hydrogen) atoms. The highest BCUT2D eigenvalue weighted by molar-refractivity contribution is 5.77. The third-order valence-electron chi connectivity index (χ3n) is 4.46. The zero-order valence-corrected chi connectivity index (χ0v) is 13.5. The van der Waals surface area contributed by atoms with Crippen molar-refractivity contribution < 1.29 is 4.79 Å². The summed E-state index contributed by atoms with van der Waals surface area (Å²) in [5, 5.41) is 3.11. The Morgan fingerprint density at radius 1 is 1.09 bits per heavy atom. The summed E-state index contributed by atoms with van der Waals surface area (Å²) in [6, 6.07) is 18.8. The molecule has 2 atom stereocenters. The molecular formula is C21H23NO. The fourth-order valence-corrected chi connectivity index (χ4v) is 3.08. The van der Waals surface area contributed by atoms with Gasteiger partial charge in [-0.3, -0.25) is 4.79 Å². The predicted molar refractivity (Wildman–Crippen MR) is 94.9 cm³/mol. The van der Waals surface area contributed by atoms with Crippen LogP contribution in [-0.2, 0) is 4.79 Å². The summed E-state index contributed by atoms with van der Waals surface area (Å²) in [4.78, 5) is 12.1. The molecule has 2 nitrogen and oxygen atoms in total. The average molecular weight is 305 g/mol. The van der Waals surface area contributed by atoms with Crippen molar-refractivity contribution >= 4 is 5.91 Å². The maximum atomic E-state index is 12.1. The zero-order valence-electron chi connectivity index (χ0n) is 13.5. The van der Waals surface area contributed by atoms with Gasteiger partial charge in [-0.2, -0.15) is 0 Å². The maximum Gasteiger partial charge on any atom is 0.221 e. The molecule has 1 aliphatic rings. The van der Waals surface area contributed by atoms with Crippen LogP contribution in [-0.4, -0.2) is 5.91 Å². The van der Waals surface area contributed by atoms with Gasteiger partial charge in [0.1, 0.15) is 0 Å². The highest BCUT2D eigenvalue weighted by atomic mass is 16.1. The van der Waals surface area contributed by atoms with Crippen molar-refractivity contribution in [1.29, 1.82) is 0 Å². The first kappa shape index (κ1) is 15.5. The highest BCUT2D eigenvalue weighted by Crippen LogP contribution is 2.23. The molecule has 2 heteroatoms. The van der Waals surface area contributed by atoms with Gasteiger partial charge in [-0.05, 0) is 42.4 Å². The van der Waals surface area contributed by atoms with Crippen molar-refractivity contribution in [2.45, 2.75) is 32.2 Å². The van der Waals surface area contributed by atoms with Crippen LogP contribution >= 0.6 is 0 Å². The Balaban J connectivity index is 1.60. The van der Waals surface area contributed by atoms with Crippen LogP contribution in [0.5, 0.6) is 0 Å². The molecule has 0 saturated heterocycles. The summed E-state index contributed by atoms with van der Waals surface area (Å²) in [5.41, 5.74) is 3.55. The van der Waals surface area contributed by atoms with Crippen molar-refractivity contribution in [3.05, 3.63) is 72.3 Å². The standard InChI is InChI=1S/C21H23NO/c1-16(22-21(23)15-17-7-5-6-8-17)18-11-13-20(14-12-18)19-9-3-2-4-10-19/h2-5,7,9-14,16-17H,6,8,15H2,1H3,(H,22,23). The van der Waals surface area contributed by atoms with E-state index in [2.05, 4.69) is 53.9 Å². The van der Waals surface area contributed by atoms with E-state index in [-0.39, 0.29) is 11.9 Å². The molecular weight excluding hydrogens is 282 g/mol. The molecule has 0 saturated carbocycles. The van der Waals surface area contributed by atoms with Crippen LogP contribution in [0.2, 0.25) is 0 Å². The van der Waals surface area contributed by atoms with E-state index >= 15 is 0 Å². The molecule has 0 aromatic heterocycles. The van der Waals surface area contributed by atoms with E-state index in [9.17, 15) is 4.79 Å². The molecule has 1 aliphatic carbocycles. The first-order valence-corrected chi connectivity index (χ1v) is 8.34. The van der Waals surface area contributed by atoms with Crippen LogP contribution in [0.3, 0.4) is 0 Å². The van der Waals surface area contributed by atoms with Gasteiger partial charge in [-0.1, -0.05) is 66.7 Å². The summed E-state index contributed by atoms with van der Waals surface area (Å²) >= 11 is 0. The molecule has 0 radical (unpaired) electrons. The molecule has 0 bridgehead atoms. The van der Waals surface area contributed by atoms with E-state index in [0.29, 0.717) is 12.3 Å². The first-order chi connectivity index (χ1) is 11.2. The number of rotatable bonds is 5. The van der Waals surface area contributed by atoms with Crippen molar-refractivity contribution in [2.75, 3.05) is 0 Å². The molecule has 2 unspecified atom stereocenters. The van der Waals surface area contributed by atoms with Crippen LogP contribution in [0.15, 0.2) is 66.7 Å². The Bertz CT molecular complexity index is 673. The fourth-order valence-electron chi connectivity index (χ4n) is 3.08. The lowest BCUT2D eigenvalue weighted by atomic mass is 10.0. The molecule has 2 aromatic carbocycles. The molecule has 3 rings (SSSR count). The van der Waals surface area contributed by atoms with E-state index in [4.69, 9.17) is 0 Å². The topological polar surface area (TPSA) is 29.1 Å². The smallest absolute Gasteiger partial charge is 0.221 e. The van der Waals surface area contributed by atoms with Crippen LogP contribution in [0.4, 0.5) is 0 Å². The minimum Gasteiger partial charge on any atom is -0.350 e. The van der Waals surface area contributed by atoms with Gasteiger partial charge in [0.05, 0.1) is 6.04 Å². The lowest BCUT2D eigenvalue weighted by Crippen LogP contribution is -2.27. The number of carbonyl (C=O) groups excluding carboxylic acids is 1. The van der Waals surface area contributed by atoms with Crippen LogP contribution in [0, 0.1) is 5.92 Å². The number of benzene rings is 2. The minimum absolute atomic E-state index is 0.0395. The Morgan fingerprint density at radius 2 is 1.78 bits per heavy atom. The van der Waals surface area contributed by atoms with Crippen LogP contribution in [0.25, 0.3) is 11.1 Å². The van der Waals surface area contributed by atoms with Crippen LogP contribution < -0.4 is 5.32 Å². The number of amides is 1. The van der Waals surface area contributed by atoms with Gasteiger partial charge in [0, 0.05) is 6.42 Å². The second kappa shape index (κ2) is 7.28.